The van der Waals surface area contributed by atoms with Crippen molar-refractivity contribution in [2.75, 3.05) is 32.1 Å². The van der Waals surface area contributed by atoms with Crippen molar-refractivity contribution in [3.05, 3.63) is 112 Å². The molecule has 0 radical (unpaired) electrons. The number of rotatable bonds is 12. The first-order chi connectivity index (χ1) is 24.1. The third kappa shape index (κ3) is 7.42. The molecule has 0 saturated carbocycles. The Morgan fingerprint density at radius 1 is 0.900 bits per heavy atom. The summed E-state index contributed by atoms with van der Waals surface area (Å²) < 4.78 is 7.63. The van der Waals surface area contributed by atoms with E-state index in [-0.39, 0.29) is 23.7 Å². The molecule has 5 aromatic rings. The lowest BCUT2D eigenvalue weighted by Gasteiger charge is -2.37. The van der Waals surface area contributed by atoms with Crippen LogP contribution in [0.2, 0.25) is 5.02 Å². The minimum Gasteiger partial charge on any atom is -0.379 e. The molecule has 8 nitrogen and oxygen atoms in total. The summed E-state index contributed by atoms with van der Waals surface area (Å²) in [6.07, 6.45) is 0.265. The van der Waals surface area contributed by atoms with Gasteiger partial charge in [-0.1, -0.05) is 41.0 Å². The van der Waals surface area contributed by atoms with Crippen molar-refractivity contribution < 1.29 is 24.0 Å². The quantitative estimate of drug-likeness (QED) is 0.0423. The number of fused-ring (bicyclic) bond motifs is 3. The standard InChI is InChI=1S/C40H40ClN3O5S/c1-5-44-35-16-10-27(37(45)31-9-7-6-8-26(31)2)24-32(35)33-25-28(11-17-36(33)44)38(46)34(18-23-50-30-14-12-29(41)13-15-30)42-49-39(47)40(3,4)43-19-21-48-22-20-43/h6-17,24-25H,5,18-23H2,1-4H3/b42-34+. The molecule has 4 aromatic carbocycles. The summed E-state index contributed by atoms with van der Waals surface area (Å²) in [7, 11) is 0. The lowest BCUT2D eigenvalue weighted by Crippen LogP contribution is -2.54. The van der Waals surface area contributed by atoms with Crippen molar-refractivity contribution >= 4 is 68.4 Å². The Hall–Kier alpha value is -4.28. The number of aromatic nitrogens is 1. The monoisotopic (exact) mass is 709 g/mol. The average molecular weight is 710 g/mol. The highest BCUT2D eigenvalue weighted by atomic mass is 35.5. The van der Waals surface area contributed by atoms with Gasteiger partial charge in [0.15, 0.2) is 5.78 Å². The molecule has 1 fully saturated rings. The van der Waals surface area contributed by atoms with Gasteiger partial charge in [-0.3, -0.25) is 14.5 Å². The average Bonchev–Trinajstić information content (AvgIpc) is 3.45. The highest BCUT2D eigenvalue weighted by molar-refractivity contribution is 7.99. The van der Waals surface area contributed by atoms with E-state index in [1.807, 2.05) is 90.7 Å². The van der Waals surface area contributed by atoms with Gasteiger partial charge in [-0.15, -0.1) is 11.8 Å². The van der Waals surface area contributed by atoms with Crippen molar-refractivity contribution in [1.82, 2.24) is 9.47 Å². The van der Waals surface area contributed by atoms with E-state index in [1.54, 1.807) is 31.7 Å². The minimum atomic E-state index is -0.951. The Bertz CT molecular complexity index is 2100. The summed E-state index contributed by atoms with van der Waals surface area (Å²) in [6.45, 7) is 10.6. The summed E-state index contributed by atoms with van der Waals surface area (Å²) in [5.41, 5.74) is 3.69. The molecule has 2 heterocycles. The largest absolute Gasteiger partial charge is 0.379 e. The SMILES string of the molecule is CCn1c2ccc(C(=O)/C(CCSc3ccc(Cl)cc3)=N/OC(=O)C(C)(C)N3CCOCC3)cc2c2cc(C(=O)c3ccccc3C)ccc21. The van der Waals surface area contributed by atoms with Gasteiger partial charge < -0.3 is 14.1 Å². The van der Waals surface area contributed by atoms with E-state index in [1.165, 1.54) is 0 Å². The van der Waals surface area contributed by atoms with Crippen LogP contribution in [-0.2, 0) is 20.9 Å². The number of Topliss-reactive ketones (excluding diaryl/α,β-unsaturated/α-hetero) is 1. The van der Waals surface area contributed by atoms with Crippen LogP contribution < -0.4 is 0 Å². The van der Waals surface area contributed by atoms with Crippen molar-refractivity contribution in [1.29, 1.82) is 0 Å². The highest BCUT2D eigenvalue weighted by Crippen LogP contribution is 2.32. The number of thioether (sulfide) groups is 1. The smallest absolute Gasteiger partial charge is 0.354 e. The molecule has 0 N–H and O–H groups in total. The van der Waals surface area contributed by atoms with E-state index in [0.29, 0.717) is 60.3 Å². The van der Waals surface area contributed by atoms with Crippen LogP contribution in [0.25, 0.3) is 21.8 Å². The lowest BCUT2D eigenvalue weighted by molar-refractivity contribution is -0.159. The van der Waals surface area contributed by atoms with Gasteiger partial charge in [-0.25, -0.2) is 4.79 Å². The van der Waals surface area contributed by atoms with Crippen LogP contribution in [0.1, 0.15) is 59.0 Å². The Morgan fingerprint density at radius 2 is 1.54 bits per heavy atom. The summed E-state index contributed by atoms with van der Waals surface area (Å²) >= 11 is 7.62. The van der Waals surface area contributed by atoms with Crippen LogP contribution in [0.15, 0.2) is 95.0 Å². The first-order valence-corrected chi connectivity index (χ1v) is 18.2. The number of nitrogens with zero attached hydrogens (tertiary/aromatic N) is 3. The molecule has 0 amide bonds. The fourth-order valence-electron chi connectivity index (χ4n) is 6.33. The zero-order valence-electron chi connectivity index (χ0n) is 28.7. The first-order valence-electron chi connectivity index (χ1n) is 16.8. The van der Waals surface area contributed by atoms with Gasteiger partial charge in [0, 0.05) is 80.2 Å². The molecular weight excluding hydrogens is 670 g/mol. The molecule has 50 heavy (non-hydrogen) atoms. The van der Waals surface area contributed by atoms with Crippen LogP contribution in [0.4, 0.5) is 0 Å². The van der Waals surface area contributed by atoms with Crippen molar-refractivity contribution in [2.45, 2.75) is 51.1 Å². The molecule has 0 atom stereocenters. The maximum Gasteiger partial charge on any atom is 0.354 e. The zero-order chi connectivity index (χ0) is 35.4. The topological polar surface area (TPSA) is 90.2 Å². The van der Waals surface area contributed by atoms with E-state index in [0.717, 1.165) is 32.3 Å². The van der Waals surface area contributed by atoms with Crippen LogP contribution in [0.5, 0.6) is 0 Å². The number of halogens is 1. The van der Waals surface area contributed by atoms with Crippen LogP contribution in [0, 0.1) is 6.92 Å². The fourth-order valence-corrected chi connectivity index (χ4v) is 7.32. The number of carbonyl (C=O) groups excluding carboxylic acids is 3. The molecular formula is C40H40ClN3O5S. The molecule has 0 spiro atoms. The van der Waals surface area contributed by atoms with Gasteiger partial charge in [0.1, 0.15) is 11.3 Å². The lowest BCUT2D eigenvalue weighted by atomic mass is 9.97. The number of carbonyl (C=O) groups is 3. The predicted molar refractivity (Wildman–Crippen MR) is 201 cm³/mol. The number of benzene rings is 4. The van der Waals surface area contributed by atoms with Crippen LogP contribution >= 0.6 is 23.4 Å². The number of aryl methyl sites for hydroxylation is 2. The molecule has 1 saturated heterocycles. The maximum atomic E-state index is 14.2. The Kier molecular flexibility index (Phi) is 10.9. The molecule has 0 unspecified atom stereocenters. The maximum absolute atomic E-state index is 14.2. The minimum absolute atomic E-state index is 0.0518. The number of oxime groups is 1. The second kappa shape index (κ2) is 15.3. The normalized spacial score (nSPS) is 14.3. The predicted octanol–water partition coefficient (Wildman–Crippen LogP) is 8.38. The molecule has 10 heteroatoms. The van der Waals surface area contributed by atoms with Gasteiger partial charge in [0.05, 0.1) is 13.2 Å². The fraction of sp³-hybridized carbons (Fsp3) is 0.300. The number of ketones is 2. The van der Waals surface area contributed by atoms with Crippen LogP contribution in [0.3, 0.4) is 0 Å². The van der Waals surface area contributed by atoms with Gasteiger partial charge in [-0.05, 0) is 93.9 Å². The van der Waals surface area contributed by atoms with E-state index >= 15 is 0 Å². The third-order valence-corrected chi connectivity index (χ3v) is 10.6. The first kappa shape index (κ1) is 35.5. The number of hydrogen-bond donors (Lipinski definition) is 0. The Balaban J connectivity index is 1.33. The Labute approximate surface area is 301 Å². The molecule has 0 bridgehead atoms. The Morgan fingerprint density at radius 3 is 2.20 bits per heavy atom. The molecule has 6 rings (SSSR count). The molecule has 1 aliphatic heterocycles. The second-order valence-corrected chi connectivity index (χ2v) is 14.4. The molecule has 1 aromatic heterocycles. The van der Waals surface area contributed by atoms with E-state index in [2.05, 4.69) is 16.6 Å². The number of ether oxygens (including phenoxy) is 1. The molecule has 1 aliphatic rings. The van der Waals surface area contributed by atoms with Gasteiger partial charge >= 0.3 is 5.97 Å². The summed E-state index contributed by atoms with van der Waals surface area (Å²) in [6, 6.07) is 26.4. The number of morpholine rings is 1. The van der Waals surface area contributed by atoms with E-state index in [4.69, 9.17) is 21.2 Å². The van der Waals surface area contributed by atoms with Crippen LogP contribution in [-0.4, -0.2) is 70.3 Å². The zero-order valence-corrected chi connectivity index (χ0v) is 30.3. The van der Waals surface area contributed by atoms with E-state index in [9.17, 15) is 14.4 Å². The second-order valence-electron chi connectivity index (χ2n) is 12.8. The molecule has 258 valence electrons. The van der Waals surface area contributed by atoms with E-state index < -0.39 is 11.5 Å². The van der Waals surface area contributed by atoms with Gasteiger partial charge in [0.25, 0.3) is 0 Å². The van der Waals surface area contributed by atoms with Gasteiger partial charge in [0.2, 0.25) is 5.78 Å². The molecule has 0 aliphatic carbocycles. The van der Waals surface area contributed by atoms with Crippen molar-refractivity contribution in [2.24, 2.45) is 5.16 Å². The third-order valence-electron chi connectivity index (χ3n) is 9.32. The summed E-state index contributed by atoms with van der Waals surface area (Å²) in [4.78, 5) is 49.7. The number of hydrogen-bond acceptors (Lipinski definition) is 8. The summed E-state index contributed by atoms with van der Waals surface area (Å²) in [5, 5.41) is 6.61. The highest BCUT2D eigenvalue weighted by Gasteiger charge is 2.38. The van der Waals surface area contributed by atoms with Gasteiger partial charge in [-0.2, -0.15) is 0 Å². The van der Waals surface area contributed by atoms with Crippen molar-refractivity contribution in [3.63, 3.8) is 0 Å². The summed E-state index contributed by atoms with van der Waals surface area (Å²) in [5.74, 6) is -0.394. The van der Waals surface area contributed by atoms with Crippen molar-refractivity contribution in [3.8, 4) is 0 Å².